The highest BCUT2D eigenvalue weighted by molar-refractivity contribution is 5.64. The average Bonchev–Trinajstić information content (AvgIpc) is 3.26. The normalized spacial score (nSPS) is 19.9. The maximum absolute atomic E-state index is 4.36. The fraction of sp³-hybridized carbons (Fsp3) is 0.333. The van der Waals surface area contributed by atoms with Crippen LogP contribution >= 0.6 is 0 Å². The first-order valence-electron chi connectivity index (χ1n) is 9.09. The van der Waals surface area contributed by atoms with E-state index in [9.17, 15) is 0 Å². The number of benzene rings is 2. The molecule has 25 heavy (non-hydrogen) atoms. The molecule has 1 aromatic heterocycles. The molecule has 1 aliphatic carbocycles. The zero-order valence-electron chi connectivity index (χ0n) is 14.6. The highest BCUT2D eigenvalue weighted by atomic mass is 15.4. The monoisotopic (exact) mass is 332 g/mol. The lowest BCUT2D eigenvalue weighted by Gasteiger charge is -2.19. The number of anilines is 1. The van der Waals surface area contributed by atoms with Crippen LogP contribution in [0.3, 0.4) is 0 Å². The third kappa shape index (κ3) is 3.73. The molecule has 0 bridgehead atoms. The highest BCUT2D eigenvalue weighted by Crippen LogP contribution is 2.29. The molecule has 0 radical (unpaired) electrons. The number of nitrogens with zero attached hydrogens (tertiary/aromatic N) is 3. The van der Waals surface area contributed by atoms with Crippen molar-refractivity contribution in [1.29, 1.82) is 0 Å². The summed E-state index contributed by atoms with van der Waals surface area (Å²) in [6.45, 7) is 3.08. The van der Waals surface area contributed by atoms with Crippen molar-refractivity contribution >= 4 is 5.69 Å². The van der Waals surface area contributed by atoms with E-state index >= 15 is 0 Å². The van der Waals surface area contributed by atoms with E-state index in [1.165, 1.54) is 30.5 Å². The molecule has 1 aliphatic rings. The lowest BCUT2D eigenvalue weighted by Crippen LogP contribution is -2.21. The van der Waals surface area contributed by atoms with Crippen molar-refractivity contribution in [3.63, 3.8) is 0 Å². The van der Waals surface area contributed by atoms with Crippen LogP contribution in [0.4, 0.5) is 5.69 Å². The molecule has 2 unspecified atom stereocenters. The van der Waals surface area contributed by atoms with Crippen LogP contribution in [0.2, 0.25) is 0 Å². The van der Waals surface area contributed by atoms with Gasteiger partial charge < -0.3 is 5.32 Å². The minimum atomic E-state index is 0.587. The number of hydrogen-bond acceptors (Lipinski definition) is 3. The van der Waals surface area contributed by atoms with Gasteiger partial charge in [-0.2, -0.15) is 0 Å². The predicted octanol–water partition coefficient (Wildman–Crippen LogP) is 4.59. The number of nitrogens with one attached hydrogen (secondary N) is 1. The van der Waals surface area contributed by atoms with Crippen LogP contribution in [-0.2, 0) is 6.54 Å². The summed E-state index contributed by atoms with van der Waals surface area (Å²) in [6, 6.07) is 19.4. The minimum absolute atomic E-state index is 0.587. The van der Waals surface area contributed by atoms with Gasteiger partial charge >= 0.3 is 0 Å². The van der Waals surface area contributed by atoms with Crippen LogP contribution in [0.15, 0.2) is 60.8 Å². The van der Waals surface area contributed by atoms with Gasteiger partial charge in [0, 0.05) is 17.3 Å². The van der Waals surface area contributed by atoms with E-state index in [2.05, 4.69) is 59.0 Å². The Kier molecular flexibility index (Phi) is 4.51. The predicted molar refractivity (Wildman–Crippen MR) is 101 cm³/mol. The Morgan fingerprint density at radius 1 is 1.08 bits per heavy atom. The van der Waals surface area contributed by atoms with Gasteiger partial charge in [-0.25, -0.2) is 4.68 Å². The lowest BCUT2D eigenvalue weighted by molar-refractivity contribution is 0.556. The summed E-state index contributed by atoms with van der Waals surface area (Å²) >= 11 is 0. The van der Waals surface area contributed by atoms with Crippen molar-refractivity contribution in [3.05, 3.63) is 66.4 Å². The number of aromatic nitrogens is 3. The van der Waals surface area contributed by atoms with Gasteiger partial charge in [-0.05, 0) is 36.5 Å². The summed E-state index contributed by atoms with van der Waals surface area (Å²) in [6.07, 6.45) is 5.93. The summed E-state index contributed by atoms with van der Waals surface area (Å²) in [4.78, 5) is 0. The SMILES string of the molecule is CC1CCCC1Nc1cccc(-c2cn(Cc3ccccc3)nn2)c1. The van der Waals surface area contributed by atoms with Crippen LogP contribution in [0, 0.1) is 5.92 Å². The van der Waals surface area contributed by atoms with Gasteiger partial charge in [0.2, 0.25) is 0 Å². The Labute approximate surface area is 148 Å². The first-order chi connectivity index (χ1) is 12.3. The van der Waals surface area contributed by atoms with E-state index in [0.29, 0.717) is 6.04 Å². The molecule has 1 heterocycles. The molecule has 1 saturated carbocycles. The second-order valence-corrected chi connectivity index (χ2v) is 7.03. The summed E-state index contributed by atoms with van der Waals surface area (Å²) in [5.74, 6) is 0.746. The van der Waals surface area contributed by atoms with E-state index < -0.39 is 0 Å². The maximum atomic E-state index is 4.36. The summed E-state index contributed by atoms with van der Waals surface area (Å²) < 4.78 is 1.89. The maximum Gasteiger partial charge on any atom is 0.113 e. The van der Waals surface area contributed by atoms with Gasteiger partial charge in [0.05, 0.1) is 12.7 Å². The van der Waals surface area contributed by atoms with Crippen molar-refractivity contribution in [2.75, 3.05) is 5.32 Å². The molecule has 1 N–H and O–H groups in total. The van der Waals surface area contributed by atoms with Crippen molar-refractivity contribution in [3.8, 4) is 11.3 Å². The molecular weight excluding hydrogens is 308 g/mol. The third-order valence-electron chi connectivity index (χ3n) is 5.10. The van der Waals surface area contributed by atoms with Crippen LogP contribution in [0.25, 0.3) is 11.3 Å². The Bertz CT molecular complexity index is 825. The first-order valence-corrected chi connectivity index (χ1v) is 9.09. The molecule has 2 atom stereocenters. The molecule has 4 rings (SSSR count). The van der Waals surface area contributed by atoms with Crippen LogP contribution in [0.1, 0.15) is 31.7 Å². The third-order valence-corrected chi connectivity index (χ3v) is 5.10. The molecule has 3 aromatic rings. The molecule has 0 spiro atoms. The highest BCUT2D eigenvalue weighted by Gasteiger charge is 2.22. The fourth-order valence-electron chi connectivity index (χ4n) is 3.62. The van der Waals surface area contributed by atoms with E-state index in [1.807, 2.05) is 29.1 Å². The fourth-order valence-corrected chi connectivity index (χ4v) is 3.62. The largest absolute Gasteiger partial charge is 0.382 e. The van der Waals surface area contributed by atoms with Gasteiger partial charge in [0.25, 0.3) is 0 Å². The second kappa shape index (κ2) is 7.09. The molecule has 0 aliphatic heterocycles. The van der Waals surface area contributed by atoms with Crippen LogP contribution < -0.4 is 5.32 Å². The smallest absolute Gasteiger partial charge is 0.113 e. The standard InChI is InChI=1S/C21H24N4/c1-16-7-5-12-20(16)22-19-11-6-10-18(13-19)21-15-25(24-23-21)14-17-8-3-2-4-9-17/h2-4,6,8-11,13,15-16,20,22H,5,7,12,14H2,1H3. The van der Waals surface area contributed by atoms with Crippen molar-refractivity contribution in [1.82, 2.24) is 15.0 Å². The zero-order chi connectivity index (χ0) is 17.1. The summed E-state index contributed by atoms with van der Waals surface area (Å²) in [5.41, 5.74) is 4.42. The van der Waals surface area contributed by atoms with E-state index in [0.717, 1.165) is 23.7 Å². The molecule has 0 amide bonds. The second-order valence-electron chi connectivity index (χ2n) is 7.03. The van der Waals surface area contributed by atoms with Gasteiger partial charge in [-0.3, -0.25) is 0 Å². The number of hydrogen-bond donors (Lipinski definition) is 1. The minimum Gasteiger partial charge on any atom is -0.382 e. The van der Waals surface area contributed by atoms with Gasteiger partial charge in [0.1, 0.15) is 5.69 Å². The Hall–Kier alpha value is -2.62. The van der Waals surface area contributed by atoms with Crippen LogP contribution in [0.5, 0.6) is 0 Å². The Balaban J connectivity index is 1.49. The molecule has 128 valence electrons. The quantitative estimate of drug-likeness (QED) is 0.743. The number of rotatable bonds is 5. The van der Waals surface area contributed by atoms with Crippen molar-refractivity contribution in [2.45, 2.75) is 38.8 Å². The van der Waals surface area contributed by atoms with Crippen molar-refractivity contribution in [2.24, 2.45) is 5.92 Å². The molecule has 0 saturated heterocycles. The lowest BCUT2D eigenvalue weighted by atomic mass is 10.1. The molecular formula is C21H24N4. The summed E-state index contributed by atoms with van der Waals surface area (Å²) in [7, 11) is 0. The van der Waals surface area contributed by atoms with Crippen LogP contribution in [-0.4, -0.2) is 21.0 Å². The van der Waals surface area contributed by atoms with Crippen molar-refractivity contribution < 1.29 is 0 Å². The van der Waals surface area contributed by atoms with Gasteiger partial charge in [-0.15, -0.1) is 5.10 Å². The zero-order valence-corrected chi connectivity index (χ0v) is 14.6. The first kappa shape index (κ1) is 15.9. The molecule has 1 fully saturated rings. The molecule has 4 heteroatoms. The van der Waals surface area contributed by atoms with E-state index in [1.54, 1.807) is 0 Å². The molecule has 4 nitrogen and oxygen atoms in total. The van der Waals surface area contributed by atoms with E-state index in [-0.39, 0.29) is 0 Å². The van der Waals surface area contributed by atoms with Gasteiger partial charge in [0.15, 0.2) is 0 Å². The Morgan fingerprint density at radius 2 is 1.96 bits per heavy atom. The Morgan fingerprint density at radius 3 is 2.76 bits per heavy atom. The van der Waals surface area contributed by atoms with Gasteiger partial charge in [-0.1, -0.05) is 61.0 Å². The topological polar surface area (TPSA) is 42.7 Å². The average molecular weight is 332 g/mol. The molecule has 2 aromatic carbocycles. The summed E-state index contributed by atoms with van der Waals surface area (Å²) in [5, 5.41) is 12.3. The van der Waals surface area contributed by atoms with E-state index in [4.69, 9.17) is 0 Å².